The van der Waals surface area contributed by atoms with E-state index in [1.807, 2.05) is 0 Å². The van der Waals surface area contributed by atoms with Crippen molar-refractivity contribution < 1.29 is 14.6 Å². The predicted molar refractivity (Wildman–Crippen MR) is 55.5 cm³/mol. The molecule has 0 bridgehead atoms. The fourth-order valence-electron chi connectivity index (χ4n) is 0.980. The number of hydrogen-bond acceptors (Lipinski definition) is 4. The van der Waals surface area contributed by atoms with Crippen LogP contribution in [0.15, 0.2) is 22.7 Å². The molecule has 0 heterocycles. The summed E-state index contributed by atoms with van der Waals surface area (Å²) in [5, 5.41) is 9.46. The number of ether oxygens (including phenoxy) is 1. The molecule has 0 aliphatic rings. The van der Waals surface area contributed by atoms with E-state index >= 15 is 0 Å². The summed E-state index contributed by atoms with van der Waals surface area (Å²) in [5.41, 5.74) is 6.47. The molecule has 0 radical (unpaired) electrons. The van der Waals surface area contributed by atoms with E-state index in [1.54, 1.807) is 12.1 Å². The van der Waals surface area contributed by atoms with E-state index in [-0.39, 0.29) is 0 Å². The molecule has 0 aliphatic heterocycles. The molecule has 4 nitrogen and oxygen atoms in total. The van der Waals surface area contributed by atoms with Crippen molar-refractivity contribution in [1.29, 1.82) is 0 Å². The quantitative estimate of drug-likeness (QED) is 0.619. The summed E-state index contributed by atoms with van der Waals surface area (Å²) >= 11 is 3.21. The Balaban J connectivity index is 2.96. The molecule has 1 unspecified atom stereocenters. The average Bonchev–Trinajstić information content (AvgIpc) is 2.20. The number of methoxy groups -OCH3 is 1. The maximum absolute atomic E-state index is 11.0. The van der Waals surface area contributed by atoms with Crippen molar-refractivity contribution in [2.75, 3.05) is 12.8 Å². The van der Waals surface area contributed by atoms with Crippen LogP contribution < -0.4 is 5.73 Å². The highest BCUT2D eigenvalue weighted by Crippen LogP contribution is 2.24. The number of aliphatic hydroxyl groups excluding tert-OH is 1. The molecule has 0 saturated heterocycles. The molecular formula is C9H10BrNO3. The number of carbonyl (C=O) groups is 1. The SMILES string of the molecule is COC(=O)C(O)c1ccc(Br)c(N)c1. The largest absolute Gasteiger partial charge is 0.467 e. The molecule has 5 heteroatoms. The zero-order chi connectivity index (χ0) is 10.7. The first-order chi connectivity index (χ1) is 6.56. The van der Waals surface area contributed by atoms with E-state index in [0.29, 0.717) is 11.3 Å². The summed E-state index contributed by atoms with van der Waals surface area (Å²) in [7, 11) is 1.22. The Morgan fingerprint density at radius 1 is 1.64 bits per heavy atom. The molecular weight excluding hydrogens is 250 g/mol. The third-order valence-electron chi connectivity index (χ3n) is 1.76. The van der Waals surface area contributed by atoms with Gasteiger partial charge in [-0.15, -0.1) is 0 Å². The highest BCUT2D eigenvalue weighted by Gasteiger charge is 2.18. The van der Waals surface area contributed by atoms with Crippen molar-refractivity contribution in [3.63, 3.8) is 0 Å². The van der Waals surface area contributed by atoms with Crippen LogP contribution in [0.2, 0.25) is 0 Å². The topological polar surface area (TPSA) is 72.5 Å². The summed E-state index contributed by atoms with van der Waals surface area (Å²) in [4.78, 5) is 11.0. The molecule has 1 aromatic carbocycles. The average molecular weight is 260 g/mol. The van der Waals surface area contributed by atoms with Crippen molar-refractivity contribution in [3.8, 4) is 0 Å². The number of rotatable bonds is 2. The molecule has 76 valence electrons. The van der Waals surface area contributed by atoms with Crippen LogP contribution in [0.5, 0.6) is 0 Å². The van der Waals surface area contributed by atoms with Crippen molar-refractivity contribution in [1.82, 2.24) is 0 Å². The van der Waals surface area contributed by atoms with Crippen LogP contribution in [0, 0.1) is 0 Å². The highest BCUT2D eigenvalue weighted by atomic mass is 79.9. The van der Waals surface area contributed by atoms with Gasteiger partial charge in [0.2, 0.25) is 0 Å². The highest BCUT2D eigenvalue weighted by molar-refractivity contribution is 9.10. The zero-order valence-corrected chi connectivity index (χ0v) is 9.11. The van der Waals surface area contributed by atoms with Gasteiger partial charge in [0.1, 0.15) is 0 Å². The number of carbonyl (C=O) groups excluding carboxylic acids is 1. The molecule has 0 saturated carbocycles. The number of aliphatic hydroxyl groups is 1. The second-order valence-electron chi connectivity index (χ2n) is 2.71. The lowest BCUT2D eigenvalue weighted by Gasteiger charge is -2.09. The van der Waals surface area contributed by atoms with E-state index in [0.717, 1.165) is 4.47 Å². The lowest BCUT2D eigenvalue weighted by molar-refractivity contribution is -0.150. The Morgan fingerprint density at radius 3 is 2.79 bits per heavy atom. The third-order valence-corrected chi connectivity index (χ3v) is 2.48. The van der Waals surface area contributed by atoms with Gasteiger partial charge >= 0.3 is 5.97 Å². The van der Waals surface area contributed by atoms with Gasteiger partial charge in [-0.2, -0.15) is 0 Å². The fraction of sp³-hybridized carbons (Fsp3) is 0.222. The van der Waals surface area contributed by atoms with E-state index in [1.165, 1.54) is 13.2 Å². The van der Waals surface area contributed by atoms with Crippen molar-refractivity contribution in [3.05, 3.63) is 28.2 Å². The Labute approximate surface area is 89.8 Å². The first-order valence-corrected chi connectivity index (χ1v) is 4.66. The minimum atomic E-state index is -1.28. The van der Waals surface area contributed by atoms with Crippen LogP contribution in [0.4, 0.5) is 5.69 Å². The van der Waals surface area contributed by atoms with Gasteiger partial charge in [0, 0.05) is 10.2 Å². The minimum absolute atomic E-state index is 0.414. The van der Waals surface area contributed by atoms with Gasteiger partial charge in [-0.05, 0) is 33.6 Å². The van der Waals surface area contributed by atoms with Gasteiger partial charge < -0.3 is 15.6 Å². The Kier molecular flexibility index (Phi) is 3.49. The summed E-state index contributed by atoms with van der Waals surface area (Å²) < 4.78 is 5.12. The molecule has 0 fully saturated rings. The molecule has 0 amide bonds. The number of halogens is 1. The van der Waals surface area contributed by atoms with Crippen LogP contribution in [-0.2, 0) is 9.53 Å². The fourth-order valence-corrected chi connectivity index (χ4v) is 1.23. The van der Waals surface area contributed by atoms with Gasteiger partial charge in [0.05, 0.1) is 7.11 Å². The van der Waals surface area contributed by atoms with E-state index in [4.69, 9.17) is 5.73 Å². The normalized spacial score (nSPS) is 12.2. The molecule has 1 atom stereocenters. The van der Waals surface area contributed by atoms with E-state index in [9.17, 15) is 9.90 Å². The maximum Gasteiger partial charge on any atom is 0.339 e. The van der Waals surface area contributed by atoms with Gasteiger partial charge in [-0.1, -0.05) is 6.07 Å². The van der Waals surface area contributed by atoms with E-state index < -0.39 is 12.1 Å². The smallest absolute Gasteiger partial charge is 0.339 e. The maximum atomic E-state index is 11.0. The number of hydrogen-bond donors (Lipinski definition) is 2. The molecule has 0 aliphatic carbocycles. The summed E-state index contributed by atoms with van der Waals surface area (Å²) in [5.74, 6) is -0.702. The minimum Gasteiger partial charge on any atom is -0.467 e. The number of benzene rings is 1. The van der Waals surface area contributed by atoms with Crippen LogP contribution in [0.1, 0.15) is 11.7 Å². The second kappa shape index (κ2) is 4.43. The molecule has 0 spiro atoms. The Morgan fingerprint density at radius 2 is 2.29 bits per heavy atom. The van der Waals surface area contributed by atoms with Crippen molar-refractivity contribution in [2.45, 2.75) is 6.10 Å². The summed E-state index contributed by atoms with van der Waals surface area (Å²) in [6, 6.07) is 4.78. The number of anilines is 1. The van der Waals surface area contributed by atoms with Crippen LogP contribution in [0.25, 0.3) is 0 Å². The first kappa shape index (κ1) is 11.0. The van der Waals surface area contributed by atoms with Crippen LogP contribution in [0.3, 0.4) is 0 Å². The van der Waals surface area contributed by atoms with Crippen molar-refractivity contribution >= 4 is 27.6 Å². The molecule has 0 aromatic heterocycles. The number of nitrogens with two attached hydrogens (primary N) is 1. The molecule has 1 aromatic rings. The van der Waals surface area contributed by atoms with Gasteiger partial charge in [-0.3, -0.25) is 0 Å². The molecule has 1 rings (SSSR count). The van der Waals surface area contributed by atoms with Crippen LogP contribution >= 0.6 is 15.9 Å². The Bertz CT molecular complexity index is 354. The standard InChI is InChI=1S/C9H10BrNO3/c1-14-9(13)8(12)5-2-3-6(10)7(11)4-5/h2-4,8,12H,11H2,1H3. The lowest BCUT2D eigenvalue weighted by atomic mass is 10.1. The monoisotopic (exact) mass is 259 g/mol. The zero-order valence-electron chi connectivity index (χ0n) is 7.53. The van der Waals surface area contributed by atoms with Crippen LogP contribution in [-0.4, -0.2) is 18.2 Å². The van der Waals surface area contributed by atoms with E-state index in [2.05, 4.69) is 20.7 Å². The second-order valence-corrected chi connectivity index (χ2v) is 3.56. The predicted octanol–water partition coefficient (Wildman–Crippen LogP) is 1.24. The first-order valence-electron chi connectivity index (χ1n) is 3.87. The number of esters is 1. The Hall–Kier alpha value is -1.07. The summed E-state index contributed by atoms with van der Waals surface area (Å²) in [6.07, 6.45) is -1.28. The van der Waals surface area contributed by atoms with Gasteiger partial charge in [0.15, 0.2) is 6.10 Å². The molecule has 3 N–H and O–H groups in total. The number of nitrogen functional groups attached to an aromatic ring is 1. The van der Waals surface area contributed by atoms with Gasteiger partial charge in [0.25, 0.3) is 0 Å². The summed E-state index contributed by atoms with van der Waals surface area (Å²) in [6.45, 7) is 0. The lowest BCUT2D eigenvalue weighted by Crippen LogP contribution is -2.13. The van der Waals surface area contributed by atoms with Gasteiger partial charge in [-0.25, -0.2) is 4.79 Å². The van der Waals surface area contributed by atoms with Crippen molar-refractivity contribution in [2.24, 2.45) is 0 Å². The third kappa shape index (κ3) is 2.24. The molecule has 14 heavy (non-hydrogen) atoms.